The maximum atomic E-state index is 5.21. The van der Waals surface area contributed by atoms with Gasteiger partial charge in [0.05, 0.1) is 5.69 Å². The molecule has 2 heterocycles. The largest absolute Gasteiger partial charge is 0.265 e. The number of rotatable bonds is 4. The molecule has 0 aliphatic rings. The van der Waals surface area contributed by atoms with Gasteiger partial charge in [0.2, 0.25) is 0 Å². The molecule has 10 aromatic rings. The highest BCUT2D eigenvalue weighted by Gasteiger charge is 2.19. The van der Waals surface area contributed by atoms with Crippen molar-refractivity contribution >= 4 is 53.9 Å². The Hall–Kier alpha value is -6.38. The van der Waals surface area contributed by atoms with Crippen LogP contribution in [-0.2, 0) is 0 Å². The lowest BCUT2D eigenvalue weighted by atomic mass is 9.86. The van der Waals surface area contributed by atoms with Gasteiger partial charge in [0.25, 0.3) is 0 Å². The van der Waals surface area contributed by atoms with Gasteiger partial charge in [-0.15, -0.1) is 0 Å². The molecule has 2 nitrogen and oxygen atoms in total. The second-order valence-corrected chi connectivity index (χ2v) is 12.6. The van der Waals surface area contributed by atoms with E-state index in [9.17, 15) is 0 Å². The lowest BCUT2D eigenvalue weighted by Crippen LogP contribution is -1.94. The van der Waals surface area contributed by atoms with Crippen molar-refractivity contribution in [3.8, 4) is 44.6 Å². The standard InChI is InChI=1S/C46H28N2/c1-2-7-29(8-3-1)34-17-21-40-41(27-34)44(33-23-25-47-26-24-33)37-11-4-5-12-38(37)46(40)42-22-18-35(28-48-42)36-19-15-32-14-13-30-9-6-10-31-16-20-39(36)45(32)43(30)31/h1-28H. The molecule has 10 rings (SSSR count). The van der Waals surface area contributed by atoms with Crippen LogP contribution in [0.4, 0.5) is 0 Å². The summed E-state index contributed by atoms with van der Waals surface area (Å²) >= 11 is 0. The van der Waals surface area contributed by atoms with Crippen LogP contribution in [0.25, 0.3) is 98.5 Å². The maximum Gasteiger partial charge on any atom is 0.0714 e. The van der Waals surface area contributed by atoms with Gasteiger partial charge in [0, 0.05) is 29.7 Å². The van der Waals surface area contributed by atoms with E-state index >= 15 is 0 Å². The van der Waals surface area contributed by atoms with Gasteiger partial charge in [0.1, 0.15) is 0 Å². The smallest absolute Gasteiger partial charge is 0.0714 e. The van der Waals surface area contributed by atoms with E-state index in [1.807, 2.05) is 12.4 Å². The molecule has 0 saturated heterocycles. The van der Waals surface area contributed by atoms with Crippen LogP contribution in [0.1, 0.15) is 0 Å². The third-order valence-electron chi connectivity index (χ3n) is 9.96. The lowest BCUT2D eigenvalue weighted by molar-refractivity contribution is 1.33. The Balaban J connectivity index is 1.20. The summed E-state index contributed by atoms with van der Waals surface area (Å²) in [4.78, 5) is 9.53. The Kier molecular flexibility index (Phi) is 5.91. The average molecular weight is 609 g/mol. The number of hydrogen-bond donors (Lipinski definition) is 0. The number of fused-ring (bicyclic) bond motifs is 2. The van der Waals surface area contributed by atoms with Crippen LogP contribution in [0.15, 0.2) is 170 Å². The molecule has 0 bridgehead atoms. The molecule has 2 aromatic heterocycles. The van der Waals surface area contributed by atoms with Crippen LogP contribution in [0.3, 0.4) is 0 Å². The second kappa shape index (κ2) is 10.6. The van der Waals surface area contributed by atoms with Crippen LogP contribution in [0.2, 0.25) is 0 Å². The van der Waals surface area contributed by atoms with Crippen LogP contribution < -0.4 is 0 Å². The normalized spacial score (nSPS) is 11.8. The molecular weight excluding hydrogens is 581 g/mol. The molecule has 0 spiro atoms. The number of pyridine rings is 2. The van der Waals surface area contributed by atoms with E-state index in [2.05, 4.69) is 163 Å². The summed E-state index contributed by atoms with van der Waals surface area (Å²) in [6.07, 6.45) is 5.81. The molecule has 0 N–H and O–H groups in total. The monoisotopic (exact) mass is 608 g/mol. The van der Waals surface area contributed by atoms with Crippen LogP contribution in [0.5, 0.6) is 0 Å². The highest BCUT2D eigenvalue weighted by molar-refractivity contribution is 6.25. The van der Waals surface area contributed by atoms with Crippen molar-refractivity contribution < 1.29 is 0 Å². The van der Waals surface area contributed by atoms with E-state index in [4.69, 9.17) is 4.98 Å². The van der Waals surface area contributed by atoms with Crippen LogP contribution in [0, 0.1) is 0 Å². The summed E-state index contributed by atoms with van der Waals surface area (Å²) < 4.78 is 0. The van der Waals surface area contributed by atoms with Crippen molar-refractivity contribution in [2.75, 3.05) is 0 Å². The van der Waals surface area contributed by atoms with Gasteiger partial charge < -0.3 is 0 Å². The van der Waals surface area contributed by atoms with E-state index in [0.717, 1.165) is 22.4 Å². The van der Waals surface area contributed by atoms with Gasteiger partial charge in [0.15, 0.2) is 0 Å². The van der Waals surface area contributed by atoms with Crippen molar-refractivity contribution in [3.05, 3.63) is 170 Å². The summed E-state index contributed by atoms with van der Waals surface area (Å²) in [6, 6.07) is 54.9. The predicted octanol–water partition coefficient (Wildman–Crippen LogP) is 12.3. The quantitative estimate of drug-likeness (QED) is 0.147. The van der Waals surface area contributed by atoms with Crippen LogP contribution in [-0.4, -0.2) is 9.97 Å². The number of aromatic nitrogens is 2. The molecule has 0 fully saturated rings. The first-order chi connectivity index (χ1) is 23.8. The first-order valence-electron chi connectivity index (χ1n) is 16.4. The lowest BCUT2D eigenvalue weighted by Gasteiger charge is -2.18. The fourth-order valence-corrected chi connectivity index (χ4v) is 7.78. The van der Waals surface area contributed by atoms with Crippen molar-refractivity contribution in [2.24, 2.45) is 0 Å². The zero-order chi connectivity index (χ0) is 31.6. The number of benzene rings is 8. The van der Waals surface area contributed by atoms with Crippen LogP contribution >= 0.6 is 0 Å². The third kappa shape index (κ3) is 4.06. The van der Waals surface area contributed by atoms with Crippen molar-refractivity contribution in [1.29, 1.82) is 0 Å². The van der Waals surface area contributed by atoms with Gasteiger partial charge in [-0.05, 0) is 106 Å². The SMILES string of the molecule is c1ccc(-c2ccc3c(-c4ccc(-c5ccc6ccc7cccc8ccc5c6c78)cn4)c4ccccc4c(-c4ccncc4)c3c2)cc1. The van der Waals surface area contributed by atoms with Gasteiger partial charge in [-0.3, -0.25) is 9.97 Å². The fourth-order valence-electron chi connectivity index (χ4n) is 7.78. The molecule has 0 atom stereocenters. The summed E-state index contributed by atoms with van der Waals surface area (Å²) in [5, 5.41) is 12.5. The topological polar surface area (TPSA) is 25.8 Å². The first-order valence-corrected chi connectivity index (χ1v) is 16.4. The Labute approximate surface area is 277 Å². The van der Waals surface area contributed by atoms with Crippen molar-refractivity contribution in [1.82, 2.24) is 9.97 Å². The molecule has 2 heteroatoms. The number of hydrogen-bond acceptors (Lipinski definition) is 2. The van der Waals surface area contributed by atoms with Crippen molar-refractivity contribution in [2.45, 2.75) is 0 Å². The number of nitrogens with zero attached hydrogens (tertiary/aromatic N) is 2. The second-order valence-electron chi connectivity index (χ2n) is 12.6. The first kappa shape index (κ1) is 26.8. The maximum absolute atomic E-state index is 5.21. The molecule has 222 valence electrons. The zero-order valence-electron chi connectivity index (χ0n) is 26.1. The van der Waals surface area contributed by atoms with E-state index < -0.39 is 0 Å². The molecule has 0 aliphatic heterocycles. The Morgan fingerprint density at radius 3 is 1.77 bits per heavy atom. The summed E-state index contributed by atoms with van der Waals surface area (Å²) in [5.41, 5.74) is 9.20. The summed E-state index contributed by atoms with van der Waals surface area (Å²) in [6.45, 7) is 0. The predicted molar refractivity (Wildman–Crippen MR) is 202 cm³/mol. The molecule has 0 unspecified atom stereocenters. The van der Waals surface area contributed by atoms with Gasteiger partial charge in [-0.1, -0.05) is 127 Å². The minimum Gasteiger partial charge on any atom is -0.265 e. The zero-order valence-corrected chi connectivity index (χ0v) is 26.1. The van der Waals surface area contributed by atoms with Crippen molar-refractivity contribution in [3.63, 3.8) is 0 Å². The highest BCUT2D eigenvalue weighted by atomic mass is 14.7. The molecule has 8 aromatic carbocycles. The molecule has 0 radical (unpaired) electrons. The Morgan fingerprint density at radius 1 is 0.354 bits per heavy atom. The minimum absolute atomic E-state index is 0.964. The van der Waals surface area contributed by atoms with E-state index in [1.54, 1.807) is 0 Å². The summed E-state index contributed by atoms with van der Waals surface area (Å²) in [5.74, 6) is 0. The fraction of sp³-hybridized carbons (Fsp3) is 0. The van der Waals surface area contributed by atoms with Gasteiger partial charge in [-0.25, -0.2) is 0 Å². The Morgan fingerprint density at radius 2 is 1.00 bits per heavy atom. The van der Waals surface area contributed by atoms with E-state index in [1.165, 1.54) is 76.1 Å². The van der Waals surface area contributed by atoms with E-state index in [0.29, 0.717) is 0 Å². The minimum atomic E-state index is 0.964. The molecule has 0 amide bonds. The van der Waals surface area contributed by atoms with Gasteiger partial charge in [-0.2, -0.15) is 0 Å². The highest BCUT2D eigenvalue weighted by Crippen LogP contribution is 2.45. The molecular formula is C46H28N2. The molecule has 0 saturated carbocycles. The average Bonchev–Trinajstić information content (AvgIpc) is 3.16. The van der Waals surface area contributed by atoms with Gasteiger partial charge >= 0.3 is 0 Å². The Bertz CT molecular complexity index is 2790. The van der Waals surface area contributed by atoms with E-state index in [-0.39, 0.29) is 0 Å². The molecule has 0 aliphatic carbocycles. The molecule has 48 heavy (non-hydrogen) atoms. The third-order valence-corrected chi connectivity index (χ3v) is 9.96. The summed E-state index contributed by atoms with van der Waals surface area (Å²) in [7, 11) is 0.